The van der Waals surface area contributed by atoms with E-state index in [2.05, 4.69) is 0 Å². The van der Waals surface area contributed by atoms with Crippen LogP contribution in [-0.2, 0) is 44.4 Å². The molecule has 0 radical (unpaired) electrons. The largest absolute Gasteiger partial charge is 0.458 e. The number of carbonyl (C=O) groups is 2. The average Bonchev–Trinajstić information content (AvgIpc) is 3.17. The van der Waals surface area contributed by atoms with E-state index in [4.69, 9.17) is 19.2 Å². The van der Waals surface area contributed by atoms with Crippen LogP contribution < -0.4 is 10.3 Å². The Balaban J connectivity index is 1.71. The standard InChI is InChI=1S/C27H28N2O7/c1-13(2)27(33)20-9-22-24-16(10-29(22)25(31)19(20)12-35-26(27)32)8-17-18(11-34-14(3)4)23(36-15(5)30)7-6-21(17)28-24/h6-9,13-14,33H,10-12H2,1-5H3/t27-/m0/s1. The maximum absolute atomic E-state index is 13.5. The van der Waals surface area contributed by atoms with Crippen molar-refractivity contribution >= 4 is 22.8 Å². The highest BCUT2D eigenvalue weighted by Crippen LogP contribution is 2.41. The fraction of sp³-hybridized carbons (Fsp3) is 0.407. The number of nitrogens with zero attached hydrogens (tertiary/aromatic N) is 2. The van der Waals surface area contributed by atoms with Crippen LogP contribution in [-0.4, -0.2) is 32.7 Å². The number of aromatic nitrogens is 2. The molecule has 9 nitrogen and oxygen atoms in total. The van der Waals surface area contributed by atoms with Crippen molar-refractivity contribution < 1.29 is 28.9 Å². The van der Waals surface area contributed by atoms with E-state index >= 15 is 0 Å². The van der Waals surface area contributed by atoms with Crippen molar-refractivity contribution in [2.24, 2.45) is 5.92 Å². The smallest absolute Gasteiger partial charge is 0.343 e. The molecule has 2 aromatic heterocycles. The Hall–Kier alpha value is -3.56. The van der Waals surface area contributed by atoms with Gasteiger partial charge in [0.1, 0.15) is 12.4 Å². The molecule has 1 atom stereocenters. The Bertz CT molecular complexity index is 1490. The number of pyridine rings is 2. The molecular formula is C27H28N2O7. The summed E-state index contributed by atoms with van der Waals surface area (Å²) in [6.07, 6.45) is -0.0355. The Labute approximate surface area is 207 Å². The van der Waals surface area contributed by atoms with Crippen molar-refractivity contribution in [3.05, 3.63) is 56.9 Å². The number of cyclic esters (lactones) is 1. The van der Waals surface area contributed by atoms with Crippen molar-refractivity contribution in [3.8, 4) is 17.1 Å². The summed E-state index contributed by atoms with van der Waals surface area (Å²) in [6, 6.07) is 7.07. The van der Waals surface area contributed by atoms with Crippen molar-refractivity contribution in [3.63, 3.8) is 0 Å². The molecule has 36 heavy (non-hydrogen) atoms. The summed E-state index contributed by atoms with van der Waals surface area (Å²) in [5.74, 6) is -1.29. The van der Waals surface area contributed by atoms with Crippen molar-refractivity contribution in [2.75, 3.05) is 0 Å². The zero-order valence-electron chi connectivity index (χ0n) is 20.9. The first-order valence-electron chi connectivity index (χ1n) is 11.9. The number of aliphatic hydroxyl groups is 1. The maximum Gasteiger partial charge on any atom is 0.343 e. The van der Waals surface area contributed by atoms with E-state index < -0.39 is 23.5 Å². The van der Waals surface area contributed by atoms with Crippen molar-refractivity contribution in [2.45, 2.75) is 66.1 Å². The van der Waals surface area contributed by atoms with E-state index in [1.54, 1.807) is 36.6 Å². The maximum atomic E-state index is 13.5. The van der Waals surface area contributed by atoms with Crippen LogP contribution >= 0.6 is 0 Å². The molecule has 1 N–H and O–H groups in total. The van der Waals surface area contributed by atoms with Gasteiger partial charge in [0.15, 0.2) is 5.60 Å². The molecule has 0 fully saturated rings. The Morgan fingerprint density at radius 3 is 2.64 bits per heavy atom. The summed E-state index contributed by atoms with van der Waals surface area (Å²) in [7, 11) is 0. The molecule has 0 unspecified atom stereocenters. The lowest BCUT2D eigenvalue weighted by molar-refractivity contribution is -0.177. The lowest BCUT2D eigenvalue weighted by atomic mass is 9.80. The van der Waals surface area contributed by atoms with Crippen LogP contribution in [0.4, 0.5) is 0 Å². The van der Waals surface area contributed by atoms with E-state index in [1.165, 1.54) is 6.92 Å². The van der Waals surface area contributed by atoms with Crippen molar-refractivity contribution in [1.29, 1.82) is 0 Å². The SMILES string of the molecule is CC(=O)Oc1ccc2nc3c(cc2c1COC(C)C)Cn1c-3cc2c(c1=O)COC(=O)[C@]2(O)C(C)C. The van der Waals surface area contributed by atoms with E-state index in [-0.39, 0.29) is 42.5 Å². The monoisotopic (exact) mass is 492 g/mol. The van der Waals surface area contributed by atoms with Gasteiger partial charge in [-0.3, -0.25) is 9.59 Å². The fourth-order valence-corrected chi connectivity index (χ4v) is 4.91. The van der Waals surface area contributed by atoms with Gasteiger partial charge in [0.2, 0.25) is 0 Å². The fourth-order valence-electron chi connectivity index (χ4n) is 4.91. The summed E-state index contributed by atoms with van der Waals surface area (Å²) in [4.78, 5) is 42.6. The summed E-state index contributed by atoms with van der Waals surface area (Å²) < 4.78 is 18.1. The first-order chi connectivity index (χ1) is 17.0. The number of ether oxygens (including phenoxy) is 3. The molecule has 1 aromatic carbocycles. The molecule has 0 amide bonds. The molecule has 0 spiro atoms. The molecular weight excluding hydrogens is 464 g/mol. The van der Waals surface area contributed by atoms with E-state index in [9.17, 15) is 19.5 Å². The predicted octanol–water partition coefficient (Wildman–Crippen LogP) is 3.18. The summed E-state index contributed by atoms with van der Waals surface area (Å²) in [5, 5.41) is 12.0. The average molecular weight is 493 g/mol. The lowest BCUT2D eigenvalue weighted by Gasteiger charge is -2.35. The van der Waals surface area contributed by atoms with Crippen molar-refractivity contribution in [1.82, 2.24) is 9.55 Å². The van der Waals surface area contributed by atoms with Crippen LogP contribution in [0.1, 0.15) is 56.9 Å². The van der Waals surface area contributed by atoms with Gasteiger partial charge in [0.25, 0.3) is 5.56 Å². The third kappa shape index (κ3) is 3.61. The van der Waals surface area contributed by atoms with Crippen LogP contribution in [0, 0.1) is 5.92 Å². The number of carbonyl (C=O) groups excluding carboxylic acids is 2. The van der Waals surface area contributed by atoms with Crippen LogP contribution in [0.5, 0.6) is 5.75 Å². The van der Waals surface area contributed by atoms with Gasteiger partial charge in [-0.25, -0.2) is 9.78 Å². The van der Waals surface area contributed by atoms with Crippen LogP contribution in [0.2, 0.25) is 0 Å². The highest BCUT2D eigenvalue weighted by atomic mass is 16.6. The Morgan fingerprint density at radius 1 is 1.22 bits per heavy atom. The predicted molar refractivity (Wildman–Crippen MR) is 130 cm³/mol. The molecule has 0 aliphatic carbocycles. The first kappa shape index (κ1) is 24.1. The van der Waals surface area contributed by atoms with Gasteiger partial charge in [-0.1, -0.05) is 13.8 Å². The molecule has 4 heterocycles. The summed E-state index contributed by atoms with van der Waals surface area (Å²) in [5.41, 5.74) is 1.59. The quantitative estimate of drug-likeness (QED) is 0.334. The van der Waals surface area contributed by atoms with E-state index in [0.29, 0.717) is 28.2 Å². The van der Waals surface area contributed by atoms with Gasteiger partial charge in [0.05, 0.1) is 41.7 Å². The van der Waals surface area contributed by atoms with Gasteiger partial charge in [-0.05, 0) is 44.0 Å². The van der Waals surface area contributed by atoms with Crippen LogP contribution in [0.25, 0.3) is 22.3 Å². The van der Waals surface area contributed by atoms with Gasteiger partial charge in [0, 0.05) is 29.0 Å². The minimum absolute atomic E-state index is 0.0355. The number of hydrogen-bond acceptors (Lipinski definition) is 8. The molecule has 188 valence electrons. The van der Waals surface area contributed by atoms with Gasteiger partial charge in [-0.15, -0.1) is 0 Å². The highest BCUT2D eigenvalue weighted by Gasteiger charge is 2.49. The number of esters is 2. The van der Waals surface area contributed by atoms with Gasteiger partial charge in [-0.2, -0.15) is 0 Å². The number of hydrogen-bond donors (Lipinski definition) is 1. The van der Waals surface area contributed by atoms with E-state index in [0.717, 1.165) is 10.9 Å². The zero-order chi connectivity index (χ0) is 25.9. The molecule has 2 aliphatic heterocycles. The Kier molecular flexibility index (Phi) is 5.72. The third-order valence-electron chi connectivity index (χ3n) is 6.84. The summed E-state index contributed by atoms with van der Waals surface area (Å²) >= 11 is 0. The molecule has 0 saturated carbocycles. The zero-order valence-corrected chi connectivity index (χ0v) is 20.9. The molecule has 3 aromatic rings. The van der Waals surface area contributed by atoms with Crippen LogP contribution in [0.15, 0.2) is 29.1 Å². The van der Waals surface area contributed by atoms with Crippen LogP contribution in [0.3, 0.4) is 0 Å². The summed E-state index contributed by atoms with van der Waals surface area (Å²) in [6.45, 7) is 8.92. The normalized spacial score (nSPS) is 18.3. The first-order valence-corrected chi connectivity index (χ1v) is 11.9. The third-order valence-corrected chi connectivity index (χ3v) is 6.84. The second kappa shape index (κ2) is 8.53. The topological polar surface area (TPSA) is 117 Å². The van der Waals surface area contributed by atoms with Gasteiger partial charge >= 0.3 is 11.9 Å². The minimum atomic E-state index is -1.91. The molecule has 0 saturated heterocycles. The lowest BCUT2D eigenvalue weighted by Crippen LogP contribution is -2.48. The molecule has 2 aliphatic rings. The molecule has 5 rings (SSSR count). The second-order valence-corrected chi connectivity index (χ2v) is 9.87. The van der Waals surface area contributed by atoms with Gasteiger partial charge < -0.3 is 23.9 Å². The number of fused-ring (bicyclic) bond motifs is 5. The Morgan fingerprint density at radius 2 is 1.97 bits per heavy atom. The molecule has 0 bridgehead atoms. The minimum Gasteiger partial charge on any atom is -0.458 e. The molecule has 9 heteroatoms. The number of benzene rings is 1. The number of rotatable bonds is 5. The highest BCUT2D eigenvalue weighted by molar-refractivity contribution is 5.90. The second-order valence-electron chi connectivity index (χ2n) is 9.87. The van der Waals surface area contributed by atoms with E-state index in [1.807, 2.05) is 19.9 Å².